The predicted octanol–water partition coefficient (Wildman–Crippen LogP) is 3.96. The average molecular weight is 340 g/mol. The average Bonchev–Trinajstić information content (AvgIpc) is 2.60. The number of nitrogens with zero attached hydrogens (tertiary/aromatic N) is 1. The molecule has 0 unspecified atom stereocenters. The standard InChI is InChI=1S/C20H24N2O3/c1-14(2)13-25-19-8-6-5-7-18(19)20(24)21-16-9-11-17(12-10-16)22(4)15(3)23/h5-12,14H,13H2,1-4H3,(H,21,24). The Morgan fingerprint density at radius 2 is 1.72 bits per heavy atom. The minimum Gasteiger partial charge on any atom is -0.492 e. The van der Waals surface area contributed by atoms with Crippen LogP contribution in [0.3, 0.4) is 0 Å². The van der Waals surface area contributed by atoms with Gasteiger partial charge in [-0.25, -0.2) is 0 Å². The van der Waals surface area contributed by atoms with Crippen LogP contribution in [-0.2, 0) is 4.79 Å². The highest BCUT2D eigenvalue weighted by Crippen LogP contribution is 2.22. The van der Waals surface area contributed by atoms with Crippen LogP contribution in [0, 0.1) is 5.92 Å². The number of amides is 2. The van der Waals surface area contributed by atoms with E-state index in [2.05, 4.69) is 19.2 Å². The van der Waals surface area contributed by atoms with Gasteiger partial charge in [0.2, 0.25) is 5.91 Å². The van der Waals surface area contributed by atoms with Gasteiger partial charge >= 0.3 is 0 Å². The monoisotopic (exact) mass is 340 g/mol. The molecule has 2 amide bonds. The molecule has 2 aromatic rings. The lowest BCUT2D eigenvalue weighted by molar-refractivity contribution is -0.116. The Balaban J connectivity index is 2.11. The first kappa shape index (κ1) is 18.5. The van der Waals surface area contributed by atoms with E-state index in [1.165, 1.54) is 6.92 Å². The molecule has 5 heteroatoms. The quantitative estimate of drug-likeness (QED) is 0.866. The van der Waals surface area contributed by atoms with Gasteiger partial charge in [-0.05, 0) is 42.3 Å². The maximum atomic E-state index is 12.6. The minimum absolute atomic E-state index is 0.0481. The van der Waals surface area contributed by atoms with E-state index in [1.54, 1.807) is 48.3 Å². The largest absolute Gasteiger partial charge is 0.492 e. The fraction of sp³-hybridized carbons (Fsp3) is 0.300. The van der Waals surface area contributed by atoms with Crippen molar-refractivity contribution >= 4 is 23.2 Å². The van der Waals surface area contributed by atoms with E-state index in [0.29, 0.717) is 29.5 Å². The molecular formula is C20H24N2O3. The van der Waals surface area contributed by atoms with Crippen molar-refractivity contribution in [2.45, 2.75) is 20.8 Å². The zero-order chi connectivity index (χ0) is 18.4. The second kappa shape index (κ2) is 8.33. The first-order valence-corrected chi connectivity index (χ1v) is 8.26. The number of rotatable bonds is 6. The van der Waals surface area contributed by atoms with Crippen LogP contribution in [-0.4, -0.2) is 25.5 Å². The predicted molar refractivity (Wildman–Crippen MR) is 100 cm³/mol. The van der Waals surface area contributed by atoms with Gasteiger partial charge in [0.05, 0.1) is 12.2 Å². The van der Waals surface area contributed by atoms with E-state index in [-0.39, 0.29) is 11.8 Å². The molecule has 0 aliphatic rings. The SMILES string of the molecule is CC(=O)N(C)c1ccc(NC(=O)c2ccccc2OCC(C)C)cc1. The molecule has 0 spiro atoms. The van der Waals surface area contributed by atoms with Crippen LogP contribution in [0.4, 0.5) is 11.4 Å². The summed E-state index contributed by atoms with van der Waals surface area (Å²) in [6.45, 7) is 6.17. The molecule has 1 N–H and O–H groups in total. The normalized spacial score (nSPS) is 10.4. The number of hydrogen-bond donors (Lipinski definition) is 1. The topological polar surface area (TPSA) is 58.6 Å². The van der Waals surface area contributed by atoms with Crippen LogP contribution < -0.4 is 15.0 Å². The zero-order valence-electron chi connectivity index (χ0n) is 15.1. The molecule has 0 saturated carbocycles. The van der Waals surface area contributed by atoms with Gasteiger partial charge in [-0.15, -0.1) is 0 Å². The number of anilines is 2. The third-order valence-electron chi connectivity index (χ3n) is 3.69. The van der Waals surface area contributed by atoms with Crippen LogP contribution in [0.25, 0.3) is 0 Å². The summed E-state index contributed by atoms with van der Waals surface area (Å²) in [7, 11) is 1.71. The molecule has 0 aliphatic heterocycles. The first-order chi connectivity index (χ1) is 11.9. The summed E-state index contributed by atoms with van der Waals surface area (Å²) in [6, 6.07) is 14.3. The second-order valence-corrected chi connectivity index (χ2v) is 6.28. The lowest BCUT2D eigenvalue weighted by atomic mass is 10.1. The minimum atomic E-state index is -0.230. The summed E-state index contributed by atoms with van der Waals surface area (Å²) in [6.07, 6.45) is 0. The number of hydrogen-bond acceptors (Lipinski definition) is 3. The van der Waals surface area contributed by atoms with Gasteiger partial charge in [-0.3, -0.25) is 9.59 Å². The summed E-state index contributed by atoms with van der Waals surface area (Å²) in [5, 5.41) is 2.86. The van der Waals surface area contributed by atoms with Gasteiger partial charge in [-0.2, -0.15) is 0 Å². The molecule has 25 heavy (non-hydrogen) atoms. The van der Waals surface area contributed by atoms with E-state index in [9.17, 15) is 9.59 Å². The molecule has 0 fully saturated rings. The van der Waals surface area contributed by atoms with Crippen molar-refractivity contribution in [1.29, 1.82) is 0 Å². The molecule has 0 bridgehead atoms. The van der Waals surface area contributed by atoms with Crippen LogP contribution >= 0.6 is 0 Å². The van der Waals surface area contributed by atoms with Gasteiger partial charge in [0.1, 0.15) is 5.75 Å². The maximum Gasteiger partial charge on any atom is 0.259 e. The number of carbonyl (C=O) groups excluding carboxylic acids is 2. The summed E-state index contributed by atoms with van der Waals surface area (Å²) in [4.78, 5) is 25.5. The van der Waals surface area contributed by atoms with E-state index in [0.717, 1.165) is 5.69 Å². The number of ether oxygens (including phenoxy) is 1. The smallest absolute Gasteiger partial charge is 0.259 e. The van der Waals surface area contributed by atoms with Crippen LogP contribution in [0.1, 0.15) is 31.1 Å². The van der Waals surface area contributed by atoms with Gasteiger partial charge in [0.25, 0.3) is 5.91 Å². The third kappa shape index (κ3) is 5.08. The van der Waals surface area contributed by atoms with Crippen molar-refractivity contribution in [2.75, 3.05) is 23.9 Å². The Hall–Kier alpha value is -2.82. The molecule has 2 rings (SSSR count). The molecule has 0 atom stereocenters. The van der Waals surface area contributed by atoms with Crippen LogP contribution in [0.2, 0.25) is 0 Å². The molecule has 5 nitrogen and oxygen atoms in total. The second-order valence-electron chi connectivity index (χ2n) is 6.28. The van der Waals surface area contributed by atoms with Crippen molar-refractivity contribution in [3.63, 3.8) is 0 Å². The highest BCUT2D eigenvalue weighted by atomic mass is 16.5. The Morgan fingerprint density at radius 1 is 1.08 bits per heavy atom. The summed E-state index contributed by atoms with van der Waals surface area (Å²) >= 11 is 0. The molecule has 0 aromatic heterocycles. The molecule has 0 aliphatic carbocycles. The Labute approximate surface area is 148 Å². The van der Waals surface area contributed by atoms with Crippen molar-refractivity contribution < 1.29 is 14.3 Å². The van der Waals surface area contributed by atoms with Crippen molar-refractivity contribution in [3.05, 3.63) is 54.1 Å². The highest BCUT2D eigenvalue weighted by molar-refractivity contribution is 6.06. The first-order valence-electron chi connectivity index (χ1n) is 8.26. The van der Waals surface area contributed by atoms with Gasteiger partial charge < -0.3 is 15.0 Å². The van der Waals surface area contributed by atoms with Crippen LogP contribution in [0.15, 0.2) is 48.5 Å². The fourth-order valence-corrected chi connectivity index (χ4v) is 2.19. The Bertz CT molecular complexity index is 739. The van der Waals surface area contributed by atoms with Gasteiger partial charge in [0, 0.05) is 25.3 Å². The van der Waals surface area contributed by atoms with E-state index in [4.69, 9.17) is 4.74 Å². The summed E-state index contributed by atoms with van der Waals surface area (Å²) in [5.41, 5.74) is 1.92. The van der Waals surface area contributed by atoms with E-state index >= 15 is 0 Å². The van der Waals surface area contributed by atoms with Crippen molar-refractivity contribution in [3.8, 4) is 5.75 Å². The Morgan fingerprint density at radius 3 is 2.32 bits per heavy atom. The number of benzene rings is 2. The molecule has 0 radical (unpaired) electrons. The molecular weight excluding hydrogens is 316 g/mol. The van der Waals surface area contributed by atoms with Gasteiger partial charge in [0.15, 0.2) is 0 Å². The fourth-order valence-electron chi connectivity index (χ4n) is 2.19. The summed E-state index contributed by atoms with van der Waals surface area (Å²) < 4.78 is 5.73. The third-order valence-corrected chi connectivity index (χ3v) is 3.69. The van der Waals surface area contributed by atoms with Crippen molar-refractivity contribution in [1.82, 2.24) is 0 Å². The number of carbonyl (C=O) groups is 2. The lowest BCUT2D eigenvalue weighted by Gasteiger charge is -2.16. The Kier molecular flexibility index (Phi) is 6.17. The lowest BCUT2D eigenvalue weighted by Crippen LogP contribution is -2.22. The molecule has 2 aromatic carbocycles. The zero-order valence-corrected chi connectivity index (χ0v) is 15.1. The van der Waals surface area contributed by atoms with E-state index < -0.39 is 0 Å². The summed E-state index contributed by atoms with van der Waals surface area (Å²) in [5.74, 6) is 0.670. The maximum absolute atomic E-state index is 12.6. The molecule has 132 valence electrons. The number of para-hydroxylation sites is 1. The molecule has 0 saturated heterocycles. The highest BCUT2D eigenvalue weighted by Gasteiger charge is 2.13. The van der Waals surface area contributed by atoms with E-state index in [1.807, 2.05) is 12.1 Å². The number of nitrogens with one attached hydrogen (secondary N) is 1. The van der Waals surface area contributed by atoms with Gasteiger partial charge in [-0.1, -0.05) is 26.0 Å². The van der Waals surface area contributed by atoms with Crippen LogP contribution in [0.5, 0.6) is 5.75 Å². The molecule has 0 heterocycles. The van der Waals surface area contributed by atoms with Crippen molar-refractivity contribution in [2.24, 2.45) is 5.92 Å².